The summed E-state index contributed by atoms with van der Waals surface area (Å²) in [7, 11) is 3.63. The Morgan fingerprint density at radius 3 is 2.74 bits per heavy atom. The first-order valence-corrected chi connectivity index (χ1v) is 7.93. The van der Waals surface area contributed by atoms with Crippen molar-refractivity contribution in [2.45, 2.75) is 12.5 Å². The summed E-state index contributed by atoms with van der Waals surface area (Å²) in [6.07, 6.45) is 0.888. The number of nitrogens with one attached hydrogen (secondary N) is 1. The molecule has 19 heavy (non-hydrogen) atoms. The van der Waals surface area contributed by atoms with Crippen molar-refractivity contribution in [3.63, 3.8) is 0 Å². The number of halogens is 2. The van der Waals surface area contributed by atoms with Crippen LogP contribution in [0.1, 0.15) is 16.5 Å². The van der Waals surface area contributed by atoms with Gasteiger partial charge in [0.1, 0.15) is 5.75 Å². The Bertz CT molecular complexity index is 558. The van der Waals surface area contributed by atoms with Crippen LogP contribution in [-0.4, -0.2) is 14.2 Å². The SMILES string of the molecule is CNC(Cc1ccc(OC)c(Br)c1)c1sccc1Cl. The Morgan fingerprint density at radius 2 is 2.21 bits per heavy atom. The predicted octanol–water partition coefficient (Wildman–Crippen LogP) is 4.68. The highest BCUT2D eigenvalue weighted by Crippen LogP contribution is 2.32. The lowest BCUT2D eigenvalue weighted by atomic mass is 10.0. The van der Waals surface area contributed by atoms with Crippen molar-refractivity contribution >= 4 is 38.9 Å². The first-order chi connectivity index (χ1) is 9.15. The zero-order chi connectivity index (χ0) is 13.8. The van der Waals surface area contributed by atoms with Crippen molar-refractivity contribution in [1.29, 1.82) is 0 Å². The van der Waals surface area contributed by atoms with Gasteiger partial charge in [0.2, 0.25) is 0 Å². The lowest BCUT2D eigenvalue weighted by Gasteiger charge is -2.16. The van der Waals surface area contributed by atoms with E-state index >= 15 is 0 Å². The maximum atomic E-state index is 6.20. The van der Waals surface area contributed by atoms with Gasteiger partial charge in [0.25, 0.3) is 0 Å². The lowest BCUT2D eigenvalue weighted by Crippen LogP contribution is -2.18. The summed E-state index contributed by atoms with van der Waals surface area (Å²) in [5.74, 6) is 0.846. The molecule has 1 unspecified atom stereocenters. The Kier molecular flexibility index (Phi) is 5.28. The predicted molar refractivity (Wildman–Crippen MR) is 85.5 cm³/mol. The van der Waals surface area contributed by atoms with Gasteiger partial charge in [-0.2, -0.15) is 0 Å². The summed E-state index contributed by atoms with van der Waals surface area (Å²) in [4.78, 5) is 1.18. The number of benzene rings is 1. The number of methoxy groups -OCH3 is 1. The van der Waals surface area contributed by atoms with Gasteiger partial charge in [-0.15, -0.1) is 11.3 Å². The van der Waals surface area contributed by atoms with E-state index in [0.29, 0.717) is 0 Å². The highest BCUT2D eigenvalue weighted by molar-refractivity contribution is 9.10. The van der Waals surface area contributed by atoms with Gasteiger partial charge >= 0.3 is 0 Å². The van der Waals surface area contributed by atoms with E-state index in [4.69, 9.17) is 16.3 Å². The van der Waals surface area contributed by atoms with E-state index in [0.717, 1.165) is 21.7 Å². The number of rotatable bonds is 5. The molecule has 0 radical (unpaired) electrons. The van der Waals surface area contributed by atoms with Gasteiger partial charge in [0.05, 0.1) is 16.6 Å². The highest BCUT2D eigenvalue weighted by Gasteiger charge is 2.15. The quantitative estimate of drug-likeness (QED) is 0.836. The topological polar surface area (TPSA) is 21.3 Å². The van der Waals surface area contributed by atoms with Crippen LogP contribution >= 0.6 is 38.9 Å². The zero-order valence-electron chi connectivity index (χ0n) is 10.7. The molecule has 0 amide bonds. The van der Waals surface area contributed by atoms with Crippen molar-refractivity contribution < 1.29 is 4.74 Å². The standard InChI is InChI=1S/C14H15BrClNOS/c1-17-12(14-11(16)5-6-19-14)8-9-3-4-13(18-2)10(15)7-9/h3-7,12,17H,8H2,1-2H3. The highest BCUT2D eigenvalue weighted by atomic mass is 79.9. The smallest absolute Gasteiger partial charge is 0.133 e. The first-order valence-electron chi connectivity index (χ1n) is 5.88. The van der Waals surface area contributed by atoms with E-state index < -0.39 is 0 Å². The Morgan fingerprint density at radius 1 is 1.42 bits per heavy atom. The monoisotopic (exact) mass is 359 g/mol. The lowest BCUT2D eigenvalue weighted by molar-refractivity contribution is 0.412. The molecule has 2 rings (SSSR count). The number of thiophene rings is 1. The summed E-state index contributed by atoms with van der Waals surface area (Å²) in [5.41, 5.74) is 1.23. The van der Waals surface area contributed by atoms with Gasteiger partial charge in [-0.1, -0.05) is 17.7 Å². The minimum atomic E-state index is 0.229. The van der Waals surface area contributed by atoms with Gasteiger partial charge in [0.15, 0.2) is 0 Å². The van der Waals surface area contributed by atoms with Crippen LogP contribution < -0.4 is 10.1 Å². The second-order valence-corrected chi connectivity index (χ2v) is 6.36. The molecule has 0 saturated carbocycles. The molecule has 0 aliphatic heterocycles. The molecule has 0 aliphatic rings. The molecule has 2 aromatic rings. The summed E-state index contributed by atoms with van der Waals surface area (Å²) >= 11 is 11.4. The third kappa shape index (κ3) is 3.51. The fraction of sp³-hybridized carbons (Fsp3) is 0.286. The minimum Gasteiger partial charge on any atom is -0.496 e. The molecule has 1 aromatic heterocycles. The van der Waals surface area contributed by atoms with Gasteiger partial charge in [-0.05, 0) is 58.5 Å². The van der Waals surface area contributed by atoms with Crippen molar-refractivity contribution in [1.82, 2.24) is 5.32 Å². The average molecular weight is 361 g/mol. The van der Waals surface area contributed by atoms with Crippen LogP contribution in [0.15, 0.2) is 34.1 Å². The molecule has 0 spiro atoms. The number of likely N-dealkylation sites (N-methyl/N-ethyl adjacent to an activating group) is 1. The summed E-state index contributed by atoms with van der Waals surface area (Å²) < 4.78 is 6.21. The molecule has 0 bridgehead atoms. The summed E-state index contributed by atoms with van der Waals surface area (Å²) in [6, 6.07) is 8.31. The van der Waals surface area contributed by atoms with Crippen LogP contribution in [0.4, 0.5) is 0 Å². The van der Waals surface area contributed by atoms with E-state index in [2.05, 4.69) is 33.4 Å². The molecule has 0 aliphatic carbocycles. The fourth-order valence-corrected chi connectivity index (χ4v) is 3.84. The Balaban J connectivity index is 2.19. The van der Waals surface area contributed by atoms with Crippen LogP contribution in [0.3, 0.4) is 0 Å². The fourth-order valence-electron chi connectivity index (χ4n) is 1.95. The van der Waals surface area contributed by atoms with Crippen LogP contribution in [0, 0.1) is 0 Å². The van der Waals surface area contributed by atoms with Crippen molar-refractivity contribution in [3.05, 3.63) is 49.6 Å². The number of hydrogen-bond donors (Lipinski definition) is 1. The molecular formula is C14H15BrClNOS. The van der Waals surface area contributed by atoms with E-state index in [1.165, 1.54) is 10.4 Å². The molecule has 102 valence electrons. The van der Waals surface area contributed by atoms with Gasteiger partial charge < -0.3 is 10.1 Å². The molecule has 1 N–H and O–H groups in total. The molecule has 2 nitrogen and oxygen atoms in total. The molecule has 5 heteroatoms. The molecule has 0 saturated heterocycles. The second-order valence-electron chi connectivity index (χ2n) is 4.15. The van der Waals surface area contributed by atoms with Crippen LogP contribution in [0.25, 0.3) is 0 Å². The van der Waals surface area contributed by atoms with E-state index in [9.17, 15) is 0 Å². The summed E-state index contributed by atoms with van der Waals surface area (Å²) in [5, 5.41) is 6.17. The van der Waals surface area contributed by atoms with Gasteiger partial charge in [0, 0.05) is 10.9 Å². The average Bonchev–Trinajstić information content (AvgIpc) is 2.82. The minimum absolute atomic E-state index is 0.229. The largest absolute Gasteiger partial charge is 0.496 e. The van der Waals surface area contributed by atoms with Crippen LogP contribution in [0.5, 0.6) is 5.75 Å². The summed E-state index contributed by atoms with van der Waals surface area (Å²) in [6.45, 7) is 0. The third-order valence-electron chi connectivity index (χ3n) is 2.97. The first kappa shape index (κ1) is 14.9. The van der Waals surface area contributed by atoms with Gasteiger partial charge in [-0.25, -0.2) is 0 Å². The molecule has 1 aromatic carbocycles. The Labute approximate surface area is 130 Å². The van der Waals surface area contributed by atoms with Crippen LogP contribution in [-0.2, 0) is 6.42 Å². The zero-order valence-corrected chi connectivity index (χ0v) is 13.9. The van der Waals surface area contributed by atoms with Crippen LogP contribution in [0.2, 0.25) is 5.02 Å². The molecule has 1 atom stereocenters. The van der Waals surface area contributed by atoms with Gasteiger partial charge in [-0.3, -0.25) is 0 Å². The molecular weight excluding hydrogens is 346 g/mol. The molecule has 0 fully saturated rings. The van der Waals surface area contributed by atoms with E-state index in [1.54, 1.807) is 18.4 Å². The number of ether oxygens (including phenoxy) is 1. The maximum absolute atomic E-state index is 6.20. The van der Waals surface area contributed by atoms with E-state index in [-0.39, 0.29) is 6.04 Å². The third-order valence-corrected chi connectivity index (χ3v) is 5.06. The molecule has 1 heterocycles. The van der Waals surface area contributed by atoms with Crippen molar-refractivity contribution in [2.24, 2.45) is 0 Å². The number of hydrogen-bond acceptors (Lipinski definition) is 3. The van der Waals surface area contributed by atoms with Crippen molar-refractivity contribution in [2.75, 3.05) is 14.2 Å². The normalized spacial score (nSPS) is 12.4. The Hall–Kier alpha value is -0.550. The second kappa shape index (κ2) is 6.75. The van der Waals surface area contributed by atoms with Crippen molar-refractivity contribution in [3.8, 4) is 5.75 Å². The maximum Gasteiger partial charge on any atom is 0.133 e. The van der Waals surface area contributed by atoms with E-state index in [1.807, 2.05) is 24.6 Å².